The van der Waals surface area contributed by atoms with E-state index in [-0.39, 0.29) is 11.3 Å². The molecule has 1 rings (SSSR count). The molecular weight excluding hydrogens is 369 g/mol. The minimum Gasteiger partial charge on any atom is -0.351 e. The highest BCUT2D eigenvalue weighted by Crippen LogP contribution is 2.19. The van der Waals surface area contributed by atoms with Crippen molar-refractivity contribution in [1.29, 1.82) is 0 Å². The number of alkyl halides is 1. The zero-order valence-corrected chi connectivity index (χ0v) is 13.7. The van der Waals surface area contributed by atoms with E-state index in [1.807, 2.05) is 11.4 Å². The Bertz CT molecular complexity index is 365. The molecule has 0 spiro atoms. The van der Waals surface area contributed by atoms with E-state index in [2.05, 4.69) is 41.8 Å². The average Bonchev–Trinajstić information content (AvgIpc) is 2.74. The van der Waals surface area contributed by atoms with E-state index in [1.165, 1.54) is 0 Å². The first kappa shape index (κ1) is 15.2. The third kappa shape index (κ3) is 4.75. The van der Waals surface area contributed by atoms with Crippen molar-refractivity contribution in [3.8, 4) is 0 Å². The first-order valence-corrected chi connectivity index (χ1v) is 8.14. The van der Waals surface area contributed by atoms with Crippen LogP contribution in [0.15, 0.2) is 11.4 Å². The van der Waals surface area contributed by atoms with Crippen LogP contribution in [0.2, 0.25) is 0 Å². The maximum Gasteiger partial charge on any atom is 0.252 e. The number of hydrogen-bond donors (Lipinski definition) is 1. The maximum atomic E-state index is 11.8. The van der Waals surface area contributed by atoms with E-state index in [1.54, 1.807) is 11.3 Å². The lowest BCUT2D eigenvalue weighted by Gasteiger charge is -2.19. The molecule has 1 unspecified atom stereocenters. The highest BCUT2D eigenvalue weighted by Gasteiger charge is 2.17. The molecule has 0 saturated carbocycles. The number of thiophene rings is 1. The topological polar surface area (TPSA) is 29.1 Å². The van der Waals surface area contributed by atoms with Crippen LogP contribution in [0.4, 0.5) is 0 Å². The van der Waals surface area contributed by atoms with E-state index >= 15 is 0 Å². The van der Waals surface area contributed by atoms with Gasteiger partial charge in [0.2, 0.25) is 0 Å². The van der Waals surface area contributed by atoms with E-state index in [0.717, 1.165) is 21.3 Å². The summed E-state index contributed by atoms with van der Waals surface area (Å²) >= 11 is 10.1. The van der Waals surface area contributed by atoms with Gasteiger partial charge >= 0.3 is 0 Å². The zero-order chi connectivity index (χ0) is 12.8. The van der Waals surface area contributed by atoms with Gasteiger partial charge in [-0.05, 0) is 34.6 Å². The zero-order valence-electron chi connectivity index (χ0n) is 10.0. The molecule has 0 aliphatic carbocycles. The molecule has 0 saturated heterocycles. The standard InChI is InChI=1S/C12H17ClINOS/c1-3-8(4-2)10(13)6-15-12(16)9-5-11(14)17-7-9/h5,7-8,10H,3-4,6H2,1-2H3,(H,15,16). The molecule has 1 atom stereocenters. The molecule has 1 amide bonds. The Hall–Kier alpha value is 0.190. The predicted molar refractivity (Wildman–Crippen MR) is 83.1 cm³/mol. The van der Waals surface area contributed by atoms with Crippen LogP contribution in [-0.2, 0) is 0 Å². The fourth-order valence-corrected chi connectivity index (χ4v) is 3.45. The van der Waals surface area contributed by atoms with Gasteiger partial charge in [-0.1, -0.05) is 26.7 Å². The summed E-state index contributed by atoms with van der Waals surface area (Å²) in [5.74, 6) is 0.445. The van der Waals surface area contributed by atoms with Gasteiger partial charge in [0.1, 0.15) is 0 Å². The second kappa shape index (κ2) is 7.59. The van der Waals surface area contributed by atoms with Gasteiger partial charge in [0, 0.05) is 11.9 Å². The molecule has 17 heavy (non-hydrogen) atoms. The molecular formula is C12H17ClINOS. The van der Waals surface area contributed by atoms with Crippen molar-refractivity contribution in [2.75, 3.05) is 6.54 Å². The lowest BCUT2D eigenvalue weighted by atomic mass is 9.99. The summed E-state index contributed by atoms with van der Waals surface area (Å²) in [7, 11) is 0. The molecule has 1 heterocycles. The summed E-state index contributed by atoms with van der Waals surface area (Å²) in [6.45, 7) is 4.80. The van der Waals surface area contributed by atoms with Gasteiger partial charge in [0.25, 0.3) is 5.91 Å². The molecule has 0 fully saturated rings. The van der Waals surface area contributed by atoms with Crippen molar-refractivity contribution >= 4 is 51.4 Å². The van der Waals surface area contributed by atoms with Gasteiger partial charge < -0.3 is 5.32 Å². The normalized spacial score (nSPS) is 12.8. The summed E-state index contributed by atoms with van der Waals surface area (Å²) < 4.78 is 1.12. The second-order valence-corrected chi connectivity index (χ2v) is 7.31. The molecule has 1 aromatic heterocycles. The van der Waals surface area contributed by atoms with Crippen molar-refractivity contribution in [3.05, 3.63) is 19.9 Å². The highest BCUT2D eigenvalue weighted by atomic mass is 127. The van der Waals surface area contributed by atoms with Crippen LogP contribution in [0.5, 0.6) is 0 Å². The smallest absolute Gasteiger partial charge is 0.252 e. The monoisotopic (exact) mass is 385 g/mol. The first-order valence-electron chi connectivity index (χ1n) is 5.74. The summed E-state index contributed by atoms with van der Waals surface area (Å²) in [4.78, 5) is 11.8. The maximum absolute atomic E-state index is 11.8. The van der Waals surface area contributed by atoms with Gasteiger partial charge in [-0.3, -0.25) is 4.79 Å². The Kier molecular flexibility index (Phi) is 6.80. The van der Waals surface area contributed by atoms with E-state index < -0.39 is 0 Å². The van der Waals surface area contributed by atoms with Gasteiger partial charge in [-0.2, -0.15) is 0 Å². The largest absolute Gasteiger partial charge is 0.351 e. The van der Waals surface area contributed by atoms with Crippen LogP contribution in [0.1, 0.15) is 37.0 Å². The van der Waals surface area contributed by atoms with Crippen LogP contribution in [-0.4, -0.2) is 17.8 Å². The predicted octanol–water partition coefficient (Wildman–Crippen LogP) is 4.13. The van der Waals surface area contributed by atoms with Crippen molar-refractivity contribution in [2.45, 2.75) is 32.1 Å². The molecule has 5 heteroatoms. The quantitative estimate of drug-likeness (QED) is 0.579. The van der Waals surface area contributed by atoms with Crippen molar-refractivity contribution in [2.24, 2.45) is 5.92 Å². The number of carbonyl (C=O) groups excluding carboxylic acids is 1. The van der Waals surface area contributed by atoms with Gasteiger partial charge in [0.15, 0.2) is 0 Å². The minimum atomic E-state index is -0.0271. The Labute approximate surface area is 125 Å². The molecule has 0 radical (unpaired) electrons. The minimum absolute atomic E-state index is 0.0201. The number of hydrogen-bond acceptors (Lipinski definition) is 2. The molecule has 2 nitrogen and oxygen atoms in total. The van der Waals surface area contributed by atoms with Crippen LogP contribution in [0.25, 0.3) is 0 Å². The van der Waals surface area contributed by atoms with Crippen LogP contribution >= 0.6 is 45.5 Å². The average molecular weight is 386 g/mol. The summed E-state index contributed by atoms with van der Waals surface area (Å²) in [5.41, 5.74) is 0.729. The number of halogens is 2. The van der Waals surface area contributed by atoms with Crippen molar-refractivity contribution in [3.63, 3.8) is 0 Å². The molecule has 1 aromatic rings. The molecule has 0 bridgehead atoms. The lowest BCUT2D eigenvalue weighted by Crippen LogP contribution is -2.32. The molecule has 96 valence electrons. The Morgan fingerprint density at radius 3 is 2.65 bits per heavy atom. The van der Waals surface area contributed by atoms with Gasteiger partial charge in [0.05, 0.1) is 13.8 Å². The number of amides is 1. The molecule has 0 aliphatic rings. The number of nitrogens with one attached hydrogen (secondary N) is 1. The Morgan fingerprint density at radius 1 is 1.53 bits per heavy atom. The van der Waals surface area contributed by atoms with Gasteiger partial charge in [-0.15, -0.1) is 22.9 Å². The van der Waals surface area contributed by atoms with E-state index in [4.69, 9.17) is 11.6 Å². The fraction of sp³-hybridized carbons (Fsp3) is 0.583. The van der Waals surface area contributed by atoms with Crippen molar-refractivity contribution < 1.29 is 4.79 Å². The Morgan fingerprint density at radius 2 is 2.18 bits per heavy atom. The highest BCUT2D eigenvalue weighted by molar-refractivity contribution is 14.1. The van der Waals surface area contributed by atoms with Crippen LogP contribution < -0.4 is 5.32 Å². The fourth-order valence-electron chi connectivity index (χ4n) is 1.69. The summed E-state index contributed by atoms with van der Waals surface area (Å²) in [6, 6.07) is 1.89. The van der Waals surface area contributed by atoms with E-state index in [0.29, 0.717) is 12.5 Å². The lowest BCUT2D eigenvalue weighted by molar-refractivity contribution is 0.0952. The SMILES string of the molecule is CCC(CC)C(Cl)CNC(=O)c1csc(I)c1. The first-order chi connectivity index (χ1) is 8.08. The molecule has 1 N–H and O–H groups in total. The number of carbonyl (C=O) groups is 1. The third-order valence-electron chi connectivity index (χ3n) is 2.85. The Balaban J connectivity index is 2.43. The van der Waals surface area contributed by atoms with E-state index in [9.17, 15) is 4.79 Å². The van der Waals surface area contributed by atoms with Gasteiger partial charge in [-0.25, -0.2) is 0 Å². The van der Waals surface area contributed by atoms with Crippen LogP contribution in [0, 0.1) is 8.80 Å². The second-order valence-electron chi connectivity index (χ2n) is 3.94. The number of rotatable bonds is 6. The summed E-state index contributed by atoms with van der Waals surface area (Å²) in [6.07, 6.45) is 2.10. The molecule has 0 aliphatic heterocycles. The molecule has 0 aromatic carbocycles. The third-order valence-corrected chi connectivity index (χ3v) is 5.15. The summed E-state index contributed by atoms with van der Waals surface area (Å²) in [5, 5.41) is 4.79. The van der Waals surface area contributed by atoms with Crippen LogP contribution in [0.3, 0.4) is 0 Å². The van der Waals surface area contributed by atoms with Crippen molar-refractivity contribution in [1.82, 2.24) is 5.32 Å².